The number of nitrogens with two attached hydrogens (primary N) is 1. The van der Waals surface area contributed by atoms with Crippen LogP contribution in [-0.4, -0.2) is 72.6 Å². The Balaban J connectivity index is 0.000000145. The number of fused-ring (bicyclic) bond motifs is 6. The Hall–Kier alpha value is -3.37. The molecule has 4 aliphatic rings. The Morgan fingerprint density at radius 2 is 1.36 bits per heavy atom. The molecule has 0 amide bonds. The first kappa shape index (κ1) is 30.3. The van der Waals surface area contributed by atoms with Gasteiger partial charge >= 0.3 is 0 Å². The predicted octanol–water partition coefficient (Wildman–Crippen LogP) is 5.41. The van der Waals surface area contributed by atoms with E-state index in [1.807, 2.05) is 23.2 Å². The monoisotopic (exact) mass is 612 g/mol. The third kappa shape index (κ3) is 5.87. The molecule has 0 spiro atoms. The molecule has 8 nitrogen and oxygen atoms in total. The van der Waals surface area contributed by atoms with E-state index in [1.165, 1.54) is 22.9 Å². The summed E-state index contributed by atoms with van der Waals surface area (Å²) in [6, 6.07) is 14.0. The lowest BCUT2D eigenvalue weighted by Crippen LogP contribution is -2.36. The van der Waals surface area contributed by atoms with E-state index in [1.54, 1.807) is 18.6 Å². The average molecular weight is 613 g/mol. The molecular weight excluding hydrogens is 567 g/mol. The molecule has 2 fully saturated rings. The van der Waals surface area contributed by atoms with Crippen molar-refractivity contribution < 1.29 is 14.6 Å². The summed E-state index contributed by atoms with van der Waals surface area (Å²) in [5.41, 5.74) is 12.3. The van der Waals surface area contributed by atoms with Crippen molar-refractivity contribution in [2.45, 2.75) is 81.7 Å². The van der Waals surface area contributed by atoms with Crippen molar-refractivity contribution in [1.82, 2.24) is 24.0 Å². The van der Waals surface area contributed by atoms with Crippen LogP contribution in [0, 0.1) is 17.7 Å². The number of nitrogens with zero attached hydrogens (tertiary/aromatic N) is 5. The summed E-state index contributed by atoms with van der Waals surface area (Å²) in [4.78, 5) is 10.8. The molecule has 4 aromatic rings. The molecule has 238 valence electrons. The van der Waals surface area contributed by atoms with Crippen LogP contribution in [0.1, 0.15) is 74.6 Å². The first-order valence-corrected chi connectivity index (χ1v) is 16.6. The number of piperidine rings is 1. The van der Waals surface area contributed by atoms with Crippen LogP contribution >= 0.6 is 0 Å². The predicted molar refractivity (Wildman–Crippen MR) is 173 cm³/mol. The standard InChI is InChI=1S/C18H22FN3O.C18H23N3O/c1-21-7-5-12(6-8-21)17(23)9-15-18-13(3-2-4-14(18)19)16-10-20-11-22(15)16;19-13-7-5-12(6-8-13)18(22)9-16-14-3-1-2-4-15(14)17-10-20-11-21(16)17/h2-4,10-12,15,17,23H,5-9H2,1H3;1-4,10-13,16,18,22H,5-9,19H2. The second-order valence-corrected chi connectivity index (χ2v) is 13.6. The van der Waals surface area contributed by atoms with Gasteiger partial charge in [0.25, 0.3) is 0 Å². The van der Waals surface area contributed by atoms with Crippen molar-refractivity contribution in [2.24, 2.45) is 17.6 Å². The molecule has 0 radical (unpaired) electrons. The lowest BCUT2D eigenvalue weighted by atomic mass is 9.80. The number of benzene rings is 2. The second-order valence-electron chi connectivity index (χ2n) is 13.6. The summed E-state index contributed by atoms with van der Waals surface area (Å²) < 4.78 is 18.6. The second kappa shape index (κ2) is 12.8. The van der Waals surface area contributed by atoms with Gasteiger partial charge < -0.3 is 30.0 Å². The van der Waals surface area contributed by atoms with Crippen molar-refractivity contribution in [3.8, 4) is 22.5 Å². The maximum Gasteiger partial charge on any atom is 0.129 e. The third-order valence-corrected chi connectivity index (χ3v) is 10.9. The van der Waals surface area contributed by atoms with Crippen molar-refractivity contribution in [3.05, 3.63) is 84.5 Å². The summed E-state index contributed by atoms with van der Waals surface area (Å²) in [7, 11) is 2.11. The fourth-order valence-electron chi connectivity index (χ4n) is 8.19. The maximum atomic E-state index is 14.4. The van der Waals surface area contributed by atoms with Crippen molar-refractivity contribution in [3.63, 3.8) is 0 Å². The van der Waals surface area contributed by atoms with Crippen LogP contribution in [0.15, 0.2) is 67.5 Å². The van der Waals surface area contributed by atoms with Crippen molar-refractivity contribution in [1.29, 1.82) is 0 Å². The molecule has 8 rings (SSSR count). The molecule has 2 aromatic carbocycles. The molecule has 9 heteroatoms. The molecular formula is C36H45FN6O2. The van der Waals surface area contributed by atoms with Gasteiger partial charge in [0.2, 0.25) is 0 Å². The number of imidazole rings is 2. The molecule has 0 bridgehead atoms. The highest BCUT2D eigenvalue weighted by Gasteiger charge is 2.35. The zero-order valence-electron chi connectivity index (χ0n) is 26.0. The summed E-state index contributed by atoms with van der Waals surface area (Å²) in [6.45, 7) is 2.04. The number of aliphatic hydroxyl groups excluding tert-OH is 2. The number of hydrogen-bond acceptors (Lipinski definition) is 6. The van der Waals surface area contributed by atoms with Gasteiger partial charge in [0, 0.05) is 22.7 Å². The van der Waals surface area contributed by atoms with Gasteiger partial charge in [-0.1, -0.05) is 36.4 Å². The van der Waals surface area contributed by atoms with Crippen LogP contribution < -0.4 is 5.73 Å². The summed E-state index contributed by atoms with van der Waals surface area (Å²) >= 11 is 0. The molecule has 4 atom stereocenters. The van der Waals surface area contributed by atoms with Crippen molar-refractivity contribution >= 4 is 0 Å². The van der Waals surface area contributed by atoms with Gasteiger partial charge in [-0.05, 0) is 95.0 Å². The number of rotatable bonds is 6. The molecule has 3 aliphatic heterocycles. The maximum absolute atomic E-state index is 14.4. The summed E-state index contributed by atoms with van der Waals surface area (Å²) in [5, 5.41) is 21.5. The van der Waals surface area contributed by atoms with Crippen molar-refractivity contribution in [2.75, 3.05) is 20.1 Å². The molecule has 1 aliphatic carbocycles. The molecule has 4 unspecified atom stereocenters. The average Bonchev–Trinajstić information content (AvgIpc) is 3.83. The first-order chi connectivity index (χ1) is 21.9. The molecule has 5 heterocycles. The molecule has 1 saturated heterocycles. The van der Waals surface area contributed by atoms with Gasteiger partial charge in [0.1, 0.15) is 5.82 Å². The molecule has 1 saturated carbocycles. The zero-order valence-corrected chi connectivity index (χ0v) is 26.0. The highest BCUT2D eigenvalue weighted by Crippen LogP contribution is 2.44. The highest BCUT2D eigenvalue weighted by atomic mass is 19.1. The smallest absolute Gasteiger partial charge is 0.129 e. The number of aliphatic hydroxyl groups is 2. The minimum atomic E-state index is -0.408. The number of aromatic nitrogens is 4. The minimum Gasteiger partial charge on any atom is -0.393 e. The van der Waals surface area contributed by atoms with E-state index in [9.17, 15) is 14.6 Å². The Morgan fingerprint density at radius 1 is 0.778 bits per heavy atom. The van der Waals surface area contributed by atoms with Gasteiger partial charge in [-0.2, -0.15) is 0 Å². The van der Waals surface area contributed by atoms with Crippen LogP contribution in [0.25, 0.3) is 22.5 Å². The fourth-order valence-corrected chi connectivity index (χ4v) is 8.19. The van der Waals surface area contributed by atoms with Crippen LogP contribution in [0.2, 0.25) is 0 Å². The van der Waals surface area contributed by atoms with Gasteiger partial charge in [0.05, 0.1) is 60.7 Å². The van der Waals surface area contributed by atoms with Gasteiger partial charge in [-0.3, -0.25) is 0 Å². The Bertz CT molecular complexity index is 1600. The van der Waals surface area contributed by atoms with Crippen LogP contribution in [0.4, 0.5) is 4.39 Å². The van der Waals surface area contributed by atoms with E-state index in [4.69, 9.17) is 5.73 Å². The molecule has 4 N–H and O–H groups in total. The molecule has 2 aromatic heterocycles. The lowest BCUT2D eigenvalue weighted by molar-refractivity contribution is 0.0525. The van der Waals surface area contributed by atoms with Gasteiger partial charge in [-0.25, -0.2) is 14.4 Å². The van der Waals surface area contributed by atoms with E-state index >= 15 is 0 Å². The van der Waals surface area contributed by atoms with Gasteiger partial charge in [-0.15, -0.1) is 0 Å². The van der Waals surface area contributed by atoms with E-state index in [0.29, 0.717) is 29.9 Å². The summed E-state index contributed by atoms with van der Waals surface area (Å²) in [5.74, 6) is 0.500. The van der Waals surface area contributed by atoms with Crippen LogP contribution in [0.5, 0.6) is 0 Å². The van der Waals surface area contributed by atoms with E-state index < -0.39 is 6.10 Å². The normalized spacial score (nSPS) is 25.4. The Morgan fingerprint density at radius 3 is 2.07 bits per heavy atom. The zero-order chi connectivity index (χ0) is 31.1. The number of likely N-dealkylation sites (tertiary alicyclic amines) is 1. The topological polar surface area (TPSA) is 105 Å². The highest BCUT2D eigenvalue weighted by molar-refractivity contribution is 5.70. The van der Waals surface area contributed by atoms with E-state index in [2.05, 4.69) is 50.7 Å². The van der Waals surface area contributed by atoms with Gasteiger partial charge in [0.15, 0.2) is 0 Å². The van der Waals surface area contributed by atoms with E-state index in [-0.39, 0.29) is 24.0 Å². The molecule has 45 heavy (non-hydrogen) atoms. The number of halogens is 1. The van der Waals surface area contributed by atoms with Crippen LogP contribution in [0.3, 0.4) is 0 Å². The first-order valence-electron chi connectivity index (χ1n) is 16.6. The minimum absolute atomic E-state index is 0.154. The lowest BCUT2D eigenvalue weighted by Gasteiger charge is -2.33. The van der Waals surface area contributed by atoms with E-state index in [0.717, 1.165) is 69.3 Å². The Kier molecular flexibility index (Phi) is 8.61. The Labute approximate surface area is 264 Å². The summed E-state index contributed by atoms with van der Waals surface area (Å²) in [6.07, 6.45) is 14.2. The fraction of sp³-hybridized carbons (Fsp3) is 0.500. The number of hydrogen-bond donors (Lipinski definition) is 3. The quantitative estimate of drug-likeness (QED) is 0.269. The largest absolute Gasteiger partial charge is 0.393 e. The SMILES string of the molecule is CN1CCC(C(O)CC2c3c(F)cccc3-c3cncn32)CC1.NC1CCC(C(O)CC2c3ccccc3-c3cncn32)CC1. The third-order valence-electron chi connectivity index (χ3n) is 10.9. The van der Waals surface area contributed by atoms with Crippen LogP contribution in [-0.2, 0) is 0 Å².